The Kier molecular flexibility index (Phi) is 17.2. The van der Waals surface area contributed by atoms with Gasteiger partial charge < -0.3 is 4.48 Å². The summed E-state index contributed by atoms with van der Waals surface area (Å²) < 4.78 is 10.1. The van der Waals surface area contributed by atoms with Crippen molar-refractivity contribution in [3.63, 3.8) is 0 Å². The first-order valence-corrected chi connectivity index (χ1v) is 9.19. The maximum atomic E-state index is 8.78. The first-order valence-electron chi connectivity index (χ1n) is 6.97. The molecule has 0 saturated heterocycles. The zero-order valence-electron chi connectivity index (χ0n) is 12.2. The van der Waals surface area contributed by atoms with Crippen LogP contribution in [0.25, 0.3) is 0 Å². The zero-order valence-corrected chi connectivity index (χ0v) is 14.1. The predicted molar refractivity (Wildman–Crippen MR) is 77.8 cm³/mol. The Labute approximate surface area is 118 Å². The van der Waals surface area contributed by atoms with Gasteiger partial charge in [0, 0.05) is 0 Å². The molecule has 17 heavy (non-hydrogen) atoms. The van der Waals surface area contributed by atoms with E-state index < -0.39 is 14.2 Å². The summed E-state index contributed by atoms with van der Waals surface area (Å²) in [5, 5.41) is 0. The molecule has 0 saturated carbocycles. The number of halogens is 1. The Morgan fingerprint density at radius 2 is 1.12 bits per heavy atom. The van der Waals surface area contributed by atoms with Crippen LogP contribution in [0.2, 0.25) is 0 Å². The first-order chi connectivity index (χ1) is 8.10. The van der Waals surface area contributed by atoms with E-state index in [1.54, 1.807) is 0 Å². The van der Waals surface area contributed by atoms with E-state index in [9.17, 15) is 0 Å². The van der Waals surface area contributed by atoms with Gasteiger partial charge in [0.25, 0.3) is 0 Å². The third-order valence-electron chi connectivity index (χ3n) is 3.15. The second-order valence-corrected chi connectivity index (χ2v) is 5.65. The molecule has 0 aromatic heterocycles. The molecule has 0 unspecified atom stereocenters. The third-order valence-corrected chi connectivity index (χ3v) is 3.15. The van der Waals surface area contributed by atoms with Crippen molar-refractivity contribution >= 4 is 24.3 Å². The van der Waals surface area contributed by atoms with Gasteiger partial charge in [-0.2, -0.15) is 0 Å². The molecule has 0 aliphatic rings. The minimum absolute atomic E-state index is 1.03. The van der Waals surface area contributed by atoms with Gasteiger partial charge in [0.1, 0.15) is 0 Å². The van der Waals surface area contributed by atoms with Crippen molar-refractivity contribution in [2.75, 3.05) is 26.7 Å². The topological polar surface area (TPSA) is 17.1 Å². The number of hydrogen-bond acceptors (Lipinski definition) is 1. The van der Waals surface area contributed by atoms with Crippen molar-refractivity contribution in [2.45, 2.75) is 59.3 Å². The van der Waals surface area contributed by atoms with Crippen LogP contribution in [-0.2, 0) is 3.80 Å². The van der Waals surface area contributed by atoms with Crippen LogP contribution in [0.15, 0.2) is 0 Å². The predicted octanol–water partition coefficient (Wildman–Crippen LogP) is 4.02. The number of nitrogens with zero attached hydrogens (tertiary/aromatic N) is 1. The minimum atomic E-state index is -1.03. The fraction of sp³-hybridized carbons (Fsp3) is 1.00. The summed E-state index contributed by atoms with van der Waals surface area (Å²) in [5.41, 5.74) is 0. The molecule has 2 nitrogen and oxygen atoms in total. The zero-order chi connectivity index (χ0) is 13.6. The van der Waals surface area contributed by atoms with E-state index in [2.05, 4.69) is 37.9 Å². The molecule has 0 aromatic rings. The van der Waals surface area contributed by atoms with Crippen molar-refractivity contribution in [3.05, 3.63) is 0 Å². The molecule has 0 bridgehead atoms. The van der Waals surface area contributed by atoms with Gasteiger partial charge in [-0.05, 0) is 19.3 Å². The maximum absolute atomic E-state index is 8.78. The van der Waals surface area contributed by atoms with Gasteiger partial charge in [-0.3, -0.25) is 0 Å². The second-order valence-electron chi connectivity index (χ2n) is 4.94. The van der Waals surface area contributed by atoms with E-state index in [4.69, 9.17) is 3.80 Å². The normalized spacial score (nSPS) is 10.4. The number of unbranched alkanes of at least 4 members (excludes halogenated alkanes) is 3. The Balaban J connectivity index is 0. The Morgan fingerprint density at radius 1 is 0.882 bits per heavy atom. The summed E-state index contributed by atoms with van der Waals surface area (Å²) in [6, 6.07) is 0. The molecule has 4 heteroatoms. The Morgan fingerprint density at radius 3 is 1.29 bits per heavy atom. The van der Waals surface area contributed by atoms with Crippen molar-refractivity contribution in [3.8, 4) is 0 Å². The van der Waals surface area contributed by atoms with Crippen LogP contribution in [0.4, 0.5) is 0 Å². The van der Waals surface area contributed by atoms with Gasteiger partial charge in [0.05, 0.1) is 26.7 Å². The molecule has 0 aliphatic heterocycles. The number of quaternary nitrogens is 1. The molecule has 0 aromatic carbocycles. The molecule has 102 valence electrons. The van der Waals surface area contributed by atoms with Gasteiger partial charge in [-0.1, -0.05) is 40.0 Å². The number of hydrogen-bond donors (Lipinski definition) is 0. The first kappa shape index (κ1) is 19.9. The standard InChI is InChI=1S/C13H30N.Al.ClH.O/c1-5-8-11-14(4,12-9-6-2)13-10-7-3;;;/h5-13H2,1-4H3;;1H;/q2*+1;;/p-1. The summed E-state index contributed by atoms with van der Waals surface area (Å²) >= 11 is -1.03. The third kappa shape index (κ3) is 14.5. The van der Waals surface area contributed by atoms with E-state index in [0.717, 1.165) is 0 Å². The van der Waals surface area contributed by atoms with Crippen LogP contribution in [0.3, 0.4) is 0 Å². The van der Waals surface area contributed by atoms with Crippen molar-refractivity contribution in [1.29, 1.82) is 0 Å². The van der Waals surface area contributed by atoms with E-state index in [1.165, 1.54) is 62.6 Å². The molecule has 0 spiro atoms. The van der Waals surface area contributed by atoms with Crippen molar-refractivity contribution < 1.29 is 8.29 Å². The van der Waals surface area contributed by atoms with Crippen LogP contribution in [0.5, 0.6) is 0 Å². The van der Waals surface area contributed by atoms with Crippen LogP contribution in [0, 0.1) is 0 Å². The molecule has 0 fully saturated rings. The fourth-order valence-corrected chi connectivity index (χ4v) is 1.95. The monoisotopic (exact) mass is 278 g/mol. The fourth-order valence-electron chi connectivity index (χ4n) is 1.95. The van der Waals surface area contributed by atoms with E-state index >= 15 is 0 Å². The average molecular weight is 279 g/mol. The number of rotatable bonds is 9. The van der Waals surface area contributed by atoms with E-state index in [1.807, 2.05) is 0 Å². The Bertz CT molecular complexity index is 146. The van der Waals surface area contributed by atoms with E-state index in [-0.39, 0.29) is 0 Å². The molecular weight excluding hydrogens is 249 g/mol. The summed E-state index contributed by atoms with van der Waals surface area (Å²) in [6.45, 7) is 11.0. The molecule has 0 aliphatic carbocycles. The van der Waals surface area contributed by atoms with Crippen molar-refractivity contribution in [1.82, 2.24) is 0 Å². The van der Waals surface area contributed by atoms with Gasteiger partial charge >= 0.3 is 28.1 Å². The molecule has 0 atom stereocenters. The van der Waals surface area contributed by atoms with Crippen LogP contribution in [-0.4, -0.2) is 45.4 Å². The summed E-state index contributed by atoms with van der Waals surface area (Å²) in [5.74, 6) is 0. The molecule has 0 radical (unpaired) electrons. The SMILES string of the molecule is CCCC[N+](C)(CCCC)CCCC.[O]=[Al][Cl]. The van der Waals surface area contributed by atoms with Crippen LogP contribution in [0.1, 0.15) is 59.3 Å². The van der Waals surface area contributed by atoms with E-state index in [0.29, 0.717) is 0 Å². The van der Waals surface area contributed by atoms with Crippen LogP contribution < -0.4 is 0 Å². The summed E-state index contributed by atoms with van der Waals surface area (Å²) in [7, 11) is 6.97. The summed E-state index contributed by atoms with van der Waals surface area (Å²) in [4.78, 5) is 0. The van der Waals surface area contributed by atoms with Crippen molar-refractivity contribution in [2.24, 2.45) is 0 Å². The molecule has 0 rings (SSSR count). The van der Waals surface area contributed by atoms with Gasteiger partial charge in [-0.25, -0.2) is 0 Å². The average Bonchev–Trinajstić information content (AvgIpc) is 2.33. The summed E-state index contributed by atoms with van der Waals surface area (Å²) in [6.07, 6.45) is 8.20. The Hall–Kier alpha value is 0.582. The quantitative estimate of drug-likeness (QED) is 0.460. The molecule has 0 N–H and O–H groups in total. The van der Waals surface area contributed by atoms with Crippen LogP contribution >= 0.6 is 10.0 Å². The second kappa shape index (κ2) is 14.6. The molecule has 0 heterocycles. The van der Waals surface area contributed by atoms with Gasteiger partial charge in [0.15, 0.2) is 0 Å². The van der Waals surface area contributed by atoms with Gasteiger partial charge in [-0.15, -0.1) is 0 Å². The van der Waals surface area contributed by atoms with Gasteiger partial charge in [0.2, 0.25) is 0 Å². The molecule has 0 amide bonds. The molecular formula is C13H30AlClNO+.